The van der Waals surface area contributed by atoms with Crippen molar-refractivity contribution in [2.45, 2.75) is 32.2 Å². The van der Waals surface area contributed by atoms with E-state index in [0.717, 1.165) is 36.1 Å². The second kappa shape index (κ2) is 4.56. The van der Waals surface area contributed by atoms with Crippen LogP contribution in [0.2, 0.25) is 0 Å². The Morgan fingerprint density at radius 1 is 1.44 bits per heavy atom. The summed E-state index contributed by atoms with van der Waals surface area (Å²) in [6.45, 7) is 2.16. The molecule has 1 aromatic rings. The molecule has 1 aliphatic rings. The second-order valence-corrected chi connectivity index (χ2v) is 4.12. The summed E-state index contributed by atoms with van der Waals surface area (Å²) in [7, 11) is 1.61. The summed E-state index contributed by atoms with van der Waals surface area (Å²) in [5.74, 6) is 0.764. The first-order valence-corrected chi connectivity index (χ1v) is 5.75. The molecule has 86 valence electrons. The highest BCUT2D eigenvalue weighted by Crippen LogP contribution is 2.31. The molecule has 0 saturated carbocycles. The SMILES string of the molecule is CCCCC1NC(=O)c2cc(OC)ccc21. The van der Waals surface area contributed by atoms with E-state index in [1.807, 2.05) is 18.2 Å². The lowest BCUT2D eigenvalue weighted by atomic mass is 10.0. The van der Waals surface area contributed by atoms with Crippen LogP contribution in [-0.2, 0) is 0 Å². The Hall–Kier alpha value is -1.51. The van der Waals surface area contributed by atoms with Crippen molar-refractivity contribution in [3.05, 3.63) is 29.3 Å². The van der Waals surface area contributed by atoms with E-state index in [-0.39, 0.29) is 11.9 Å². The molecular formula is C13H17NO2. The molecule has 1 amide bonds. The van der Waals surface area contributed by atoms with Crippen LogP contribution in [0.1, 0.15) is 48.1 Å². The van der Waals surface area contributed by atoms with Crippen LogP contribution in [0, 0.1) is 0 Å². The zero-order valence-corrected chi connectivity index (χ0v) is 9.75. The Morgan fingerprint density at radius 3 is 2.94 bits per heavy atom. The molecule has 2 rings (SSSR count). The first kappa shape index (κ1) is 11.0. The fourth-order valence-corrected chi connectivity index (χ4v) is 2.11. The van der Waals surface area contributed by atoms with Crippen molar-refractivity contribution < 1.29 is 9.53 Å². The zero-order chi connectivity index (χ0) is 11.5. The lowest BCUT2D eigenvalue weighted by Gasteiger charge is -2.10. The molecule has 1 atom stereocenters. The van der Waals surface area contributed by atoms with Gasteiger partial charge in [0.1, 0.15) is 5.75 Å². The Kier molecular flexibility index (Phi) is 3.13. The lowest BCUT2D eigenvalue weighted by Crippen LogP contribution is -2.18. The van der Waals surface area contributed by atoms with E-state index < -0.39 is 0 Å². The number of hydrogen-bond acceptors (Lipinski definition) is 2. The van der Waals surface area contributed by atoms with Gasteiger partial charge in [0.25, 0.3) is 5.91 Å². The minimum absolute atomic E-state index is 0.0232. The highest BCUT2D eigenvalue weighted by molar-refractivity contribution is 5.99. The summed E-state index contributed by atoms with van der Waals surface area (Å²) in [5, 5.41) is 3.01. The first-order valence-electron chi connectivity index (χ1n) is 5.75. The minimum Gasteiger partial charge on any atom is -0.497 e. The third-order valence-corrected chi connectivity index (χ3v) is 3.03. The van der Waals surface area contributed by atoms with Gasteiger partial charge < -0.3 is 10.1 Å². The van der Waals surface area contributed by atoms with Crippen molar-refractivity contribution in [1.29, 1.82) is 0 Å². The smallest absolute Gasteiger partial charge is 0.252 e. The molecule has 1 heterocycles. The number of ether oxygens (including phenoxy) is 1. The van der Waals surface area contributed by atoms with Crippen LogP contribution in [0.15, 0.2) is 18.2 Å². The van der Waals surface area contributed by atoms with Gasteiger partial charge in [-0.1, -0.05) is 25.8 Å². The predicted molar refractivity (Wildman–Crippen MR) is 62.7 cm³/mol. The molecule has 0 radical (unpaired) electrons. The fraction of sp³-hybridized carbons (Fsp3) is 0.462. The number of methoxy groups -OCH3 is 1. The standard InChI is InChI=1S/C13H17NO2/c1-3-4-5-12-10-7-6-9(16-2)8-11(10)13(15)14-12/h6-8,12H,3-5H2,1-2H3,(H,14,15). The van der Waals surface area contributed by atoms with Gasteiger partial charge in [-0.05, 0) is 24.1 Å². The van der Waals surface area contributed by atoms with Crippen LogP contribution in [0.4, 0.5) is 0 Å². The molecule has 1 N–H and O–H groups in total. The molecule has 0 saturated heterocycles. The van der Waals surface area contributed by atoms with E-state index in [9.17, 15) is 4.79 Å². The van der Waals surface area contributed by atoms with Gasteiger partial charge in [-0.25, -0.2) is 0 Å². The van der Waals surface area contributed by atoms with Crippen molar-refractivity contribution >= 4 is 5.91 Å². The molecule has 0 aromatic heterocycles. The molecule has 1 aliphatic heterocycles. The van der Waals surface area contributed by atoms with Crippen LogP contribution in [0.5, 0.6) is 5.75 Å². The van der Waals surface area contributed by atoms with E-state index in [0.29, 0.717) is 0 Å². The van der Waals surface area contributed by atoms with Crippen LogP contribution in [-0.4, -0.2) is 13.0 Å². The predicted octanol–water partition coefficient (Wildman–Crippen LogP) is 2.67. The van der Waals surface area contributed by atoms with Crippen molar-refractivity contribution in [3.63, 3.8) is 0 Å². The summed E-state index contributed by atoms with van der Waals surface area (Å²) >= 11 is 0. The topological polar surface area (TPSA) is 38.3 Å². The number of unbranched alkanes of at least 4 members (excludes halogenated alkanes) is 1. The van der Waals surface area contributed by atoms with Gasteiger partial charge in [-0.2, -0.15) is 0 Å². The number of fused-ring (bicyclic) bond motifs is 1. The maximum Gasteiger partial charge on any atom is 0.252 e. The maximum absolute atomic E-state index is 11.7. The monoisotopic (exact) mass is 219 g/mol. The number of nitrogens with one attached hydrogen (secondary N) is 1. The fourth-order valence-electron chi connectivity index (χ4n) is 2.11. The summed E-state index contributed by atoms with van der Waals surface area (Å²) < 4.78 is 5.12. The number of hydrogen-bond donors (Lipinski definition) is 1. The number of rotatable bonds is 4. The number of carbonyl (C=O) groups excluding carboxylic acids is 1. The van der Waals surface area contributed by atoms with Gasteiger partial charge in [0.15, 0.2) is 0 Å². The highest BCUT2D eigenvalue weighted by atomic mass is 16.5. The maximum atomic E-state index is 11.7. The van der Waals surface area contributed by atoms with E-state index in [2.05, 4.69) is 12.2 Å². The van der Waals surface area contributed by atoms with Gasteiger partial charge in [-0.15, -0.1) is 0 Å². The number of carbonyl (C=O) groups is 1. The number of benzene rings is 1. The molecule has 1 aromatic carbocycles. The van der Waals surface area contributed by atoms with Crippen molar-refractivity contribution in [1.82, 2.24) is 5.32 Å². The van der Waals surface area contributed by atoms with E-state index in [1.165, 1.54) is 0 Å². The molecule has 0 fully saturated rings. The van der Waals surface area contributed by atoms with E-state index in [1.54, 1.807) is 7.11 Å². The molecule has 16 heavy (non-hydrogen) atoms. The molecular weight excluding hydrogens is 202 g/mol. The third-order valence-electron chi connectivity index (χ3n) is 3.03. The van der Waals surface area contributed by atoms with Gasteiger partial charge in [0, 0.05) is 5.56 Å². The lowest BCUT2D eigenvalue weighted by molar-refractivity contribution is 0.0954. The summed E-state index contributed by atoms with van der Waals surface area (Å²) in [5.41, 5.74) is 1.87. The van der Waals surface area contributed by atoms with Crippen molar-refractivity contribution in [3.8, 4) is 5.75 Å². The molecule has 1 unspecified atom stereocenters. The van der Waals surface area contributed by atoms with Crippen molar-refractivity contribution in [2.24, 2.45) is 0 Å². The first-order chi connectivity index (χ1) is 7.76. The molecule has 0 aliphatic carbocycles. The molecule has 3 heteroatoms. The van der Waals surface area contributed by atoms with Crippen LogP contribution in [0.25, 0.3) is 0 Å². The average molecular weight is 219 g/mol. The molecule has 3 nitrogen and oxygen atoms in total. The van der Waals surface area contributed by atoms with Gasteiger partial charge >= 0.3 is 0 Å². The third kappa shape index (κ3) is 1.90. The Balaban J connectivity index is 2.25. The van der Waals surface area contributed by atoms with Crippen molar-refractivity contribution in [2.75, 3.05) is 7.11 Å². The van der Waals surface area contributed by atoms with Crippen LogP contribution >= 0.6 is 0 Å². The normalized spacial score (nSPS) is 18.1. The van der Waals surface area contributed by atoms with E-state index >= 15 is 0 Å². The summed E-state index contributed by atoms with van der Waals surface area (Å²) in [6.07, 6.45) is 3.30. The Bertz CT molecular complexity index is 401. The summed E-state index contributed by atoms with van der Waals surface area (Å²) in [4.78, 5) is 11.7. The van der Waals surface area contributed by atoms with Gasteiger partial charge in [0.2, 0.25) is 0 Å². The average Bonchev–Trinajstić information content (AvgIpc) is 2.63. The Labute approximate surface area is 95.8 Å². The largest absolute Gasteiger partial charge is 0.497 e. The number of amides is 1. The van der Waals surface area contributed by atoms with Gasteiger partial charge in [0.05, 0.1) is 13.2 Å². The molecule has 0 bridgehead atoms. The molecule has 0 spiro atoms. The second-order valence-electron chi connectivity index (χ2n) is 4.12. The highest BCUT2D eigenvalue weighted by Gasteiger charge is 2.28. The zero-order valence-electron chi connectivity index (χ0n) is 9.75. The Morgan fingerprint density at radius 2 is 2.25 bits per heavy atom. The minimum atomic E-state index is 0.0232. The van der Waals surface area contributed by atoms with E-state index in [4.69, 9.17) is 4.74 Å². The van der Waals surface area contributed by atoms with Gasteiger partial charge in [-0.3, -0.25) is 4.79 Å². The summed E-state index contributed by atoms with van der Waals surface area (Å²) in [6, 6.07) is 5.91. The quantitative estimate of drug-likeness (QED) is 0.845. The van der Waals surface area contributed by atoms with Crippen LogP contribution in [0.3, 0.4) is 0 Å². The van der Waals surface area contributed by atoms with Crippen LogP contribution < -0.4 is 10.1 Å².